The average molecular weight is 785 g/mol. The summed E-state index contributed by atoms with van der Waals surface area (Å²) in [5.74, 6) is -4.85. The molecule has 0 radical (unpaired) electrons. The molecule has 0 unspecified atom stereocenters. The molecule has 17 nitrogen and oxygen atoms in total. The molecule has 1 atom stereocenters. The van der Waals surface area contributed by atoms with Gasteiger partial charge in [-0.2, -0.15) is 28.1 Å². The van der Waals surface area contributed by atoms with E-state index < -0.39 is 66.6 Å². The van der Waals surface area contributed by atoms with Crippen molar-refractivity contribution in [3.63, 3.8) is 0 Å². The Morgan fingerprint density at radius 1 is 0.855 bits per heavy atom. The number of alkyl halides is 3. The van der Waals surface area contributed by atoms with E-state index in [1.54, 1.807) is 24.3 Å². The summed E-state index contributed by atoms with van der Waals surface area (Å²) < 4.78 is 43.6. The first-order chi connectivity index (χ1) is 26.1. The lowest BCUT2D eigenvalue weighted by atomic mass is 10.1. The highest BCUT2D eigenvalue weighted by atomic mass is 35.5. The Hall–Kier alpha value is -6.70. The number of carbonyl (C=O) groups is 5. The van der Waals surface area contributed by atoms with Crippen molar-refractivity contribution in [3.8, 4) is 6.01 Å². The van der Waals surface area contributed by atoms with Gasteiger partial charge in [-0.25, -0.2) is 9.59 Å². The van der Waals surface area contributed by atoms with Crippen LogP contribution in [0, 0.1) is 0 Å². The maximum Gasteiger partial charge on any atom is 0.422 e. The van der Waals surface area contributed by atoms with Crippen LogP contribution in [0.3, 0.4) is 0 Å². The number of primary amides is 1. The smallest absolute Gasteiger partial charge is 0.422 e. The number of carboxylic acids is 1. The minimum Gasteiger partial charge on any atom is -0.480 e. The first-order valence-electron chi connectivity index (χ1n) is 16.2. The van der Waals surface area contributed by atoms with Crippen molar-refractivity contribution >= 4 is 64.6 Å². The molecule has 5 rings (SSSR count). The van der Waals surface area contributed by atoms with Gasteiger partial charge in [0.1, 0.15) is 6.04 Å². The van der Waals surface area contributed by atoms with Crippen LogP contribution in [-0.4, -0.2) is 75.2 Å². The third-order valence-corrected chi connectivity index (χ3v) is 8.09. The predicted octanol–water partition coefficient (Wildman–Crippen LogP) is 3.42. The first kappa shape index (κ1) is 39.5. The van der Waals surface area contributed by atoms with Crippen molar-refractivity contribution < 1.29 is 47.0 Å². The van der Waals surface area contributed by atoms with Crippen LogP contribution in [0.2, 0.25) is 5.02 Å². The molecule has 0 aliphatic heterocycles. The summed E-state index contributed by atoms with van der Waals surface area (Å²) in [6.45, 7) is -2.14. The second kappa shape index (κ2) is 17.0. The molecular weight excluding hydrogens is 753 g/mol. The summed E-state index contributed by atoms with van der Waals surface area (Å²) in [4.78, 5) is 72.5. The highest BCUT2D eigenvalue weighted by Gasteiger charge is 2.45. The van der Waals surface area contributed by atoms with Gasteiger partial charge in [-0.1, -0.05) is 35.9 Å². The fourth-order valence-electron chi connectivity index (χ4n) is 4.91. The SMILES string of the molecule is NC(=O)NCc1ccc(NC(=O)C(=O)NC[C@H](NC(=O)c2ccc(Nc3nc(NC4(c5ccc(Cl)cc5)CC4)nc(OCC(F)(F)F)n3)cc2)C(=O)O)cc1. The standard InChI is InChI=1S/C34H32ClF3N10O7/c35-21-7-5-20(6-8-21)33(13-14-33)48-31-45-30(46-32(47-31)55-17-34(36,37)38)43-23-11-3-19(4-12-23)25(49)44-24(28(52)53)16-40-26(50)27(51)42-22-9-1-18(2-10-22)15-41-29(39)54/h1-12,24H,13-17H2,(H,40,50)(H,42,51)(H,44,49)(H,52,53)(H3,39,41,54)(H2,43,45,46,47,48)/t24-/m0/s1. The van der Waals surface area contributed by atoms with Crippen LogP contribution in [-0.2, 0) is 26.5 Å². The molecule has 1 aliphatic carbocycles. The quantitative estimate of drug-likeness (QED) is 0.0808. The first-order valence-corrected chi connectivity index (χ1v) is 16.6. The number of halogens is 4. The molecule has 0 bridgehead atoms. The highest BCUT2D eigenvalue weighted by Crippen LogP contribution is 2.48. The Balaban J connectivity index is 1.18. The second-order valence-electron chi connectivity index (χ2n) is 12.0. The molecule has 288 valence electrons. The molecule has 3 aromatic carbocycles. The van der Waals surface area contributed by atoms with E-state index in [2.05, 4.69) is 46.9 Å². The summed E-state index contributed by atoms with van der Waals surface area (Å²) in [5.41, 5.74) is 6.52. The van der Waals surface area contributed by atoms with Crippen molar-refractivity contribution in [2.75, 3.05) is 29.1 Å². The second-order valence-corrected chi connectivity index (χ2v) is 12.5. The number of hydrogen-bond donors (Lipinski definition) is 8. The van der Waals surface area contributed by atoms with Crippen LogP contribution in [0.5, 0.6) is 6.01 Å². The third-order valence-electron chi connectivity index (χ3n) is 7.84. The lowest BCUT2D eigenvalue weighted by Gasteiger charge is -2.19. The third kappa shape index (κ3) is 11.6. The monoisotopic (exact) mass is 784 g/mol. The summed E-state index contributed by atoms with van der Waals surface area (Å²) in [6, 6.07) is 15.6. The summed E-state index contributed by atoms with van der Waals surface area (Å²) in [5, 5.41) is 25.3. The number of anilines is 4. The van der Waals surface area contributed by atoms with Gasteiger partial charge in [-0.3, -0.25) is 14.4 Å². The Labute approximate surface area is 314 Å². The van der Waals surface area contributed by atoms with Crippen LogP contribution in [0.1, 0.15) is 34.3 Å². The molecule has 0 spiro atoms. The van der Waals surface area contributed by atoms with E-state index in [0.717, 1.165) is 5.56 Å². The Morgan fingerprint density at radius 3 is 2.09 bits per heavy atom. The van der Waals surface area contributed by atoms with Gasteiger partial charge >= 0.3 is 36.0 Å². The Morgan fingerprint density at radius 2 is 1.49 bits per heavy atom. The van der Waals surface area contributed by atoms with E-state index in [4.69, 9.17) is 22.1 Å². The molecule has 1 heterocycles. The number of rotatable bonds is 15. The Bertz CT molecular complexity index is 2050. The normalized spacial score (nSPS) is 13.4. The van der Waals surface area contributed by atoms with E-state index in [9.17, 15) is 42.3 Å². The van der Waals surface area contributed by atoms with Gasteiger partial charge in [0.2, 0.25) is 11.9 Å². The molecule has 4 aromatic rings. The van der Waals surface area contributed by atoms with Crippen LogP contribution < -0.4 is 42.4 Å². The van der Waals surface area contributed by atoms with Crippen molar-refractivity contribution in [3.05, 3.63) is 94.5 Å². The molecule has 9 N–H and O–H groups in total. The van der Waals surface area contributed by atoms with Crippen LogP contribution >= 0.6 is 11.6 Å². The number of carbonyl (C=O) groups excluding carboxylic acids is 4. The molecule has 21 heteroatoms. The Kier molecular flexibility index (Phi) is 12.2. The molecule has 1 aromatic heterocycles. The van der Waals surface area contributed by atoms with Crippen LogP contribution in [0.25, 0.3) is 0 Å². The molecule has 5 amide bonds. The number of hydrogen-bond acceptors (Lipinski definition) is 11. The molecule has 1 fully saturated rings. The zero-order valence-electron chi connectivity index (χ0n) is 28.4. The predicted molar refractivity (Wildman–Crippen MR) is 190 cm³/mol. The highest BCUT2D eigenvalue weighted by molar-refractivity contribution is 6.39. The lowest BCUT2D eigenvalue weighted by Crippen LogP contribution is -2.50. The van der Waals surface area contributed by atoms with Gasteiger partial charge in [0, 0.05) is 35.1 Å². The summed E-state index contributed by atoms with van der Waals surface area (Å²) >= 11 is 6.01. The van der Waals surface area contributed by atoms with E-state index in [0.29, 0.717) is 29.1 Å². The summed E-state index contributed by atoms with van der Waals surface area (Å²) in [6.07, 6.45) is -3.29. The fraction of sp³-hybridized carbons (Fsp3) is 0.235. The van der Waals surface area contributed by atoms with Gasteiger partial charge in [0.05, 0.1) is 5.54 Å². The minimum absolute atomic E-state index is 0.00110. The van der Waals surface area contributed by atoms with Gasteiger partial charge in [-0.05, 0) is 72.5 Å². The number of amides is 5. The zero-order chi connectivity index (χ0) is 39.8. The van der Waals surface area contributed by atoms with Gasteiger partial charge in [0.25, 0.3) is 5.91 Å². The van der Waals surface area contributed by atoms with Crippen molar-refractivity contribution in [2.45, 2.75) is 37.1 Å². The van der Waals surface area contributed by atoms with Gasteiger partial charge in [0.15, 0.2) is 6.61 Å². The largest absolute Gasteiger partial charge is 0.480 e. The lowest BCUT2D eigenvalue weighted by molar-refractivity contribution is -0.154. The van der Waals surface area contributed by atoms with Crippen molar-refractivity contribution in [1.29, 1.82) is 0 Å². The van der Waals surface area contributed by atoms with E-state index in [1.165, 1.54) is 36.4 Å². The molecule has 55 heavy (non-hydrogen) atoms. The number of nitrogens with one attached hydrogen (secondary N) is 6. The van der Waals surface area contributed by atoms with Crippen molar-refractivity contribution in [2.24, 2.45) is 5.73 Å². The number of benzene rings is 3. The molecular formula is C34H32ClF3N10O7. The number of nitrogens with zero attached hydrogens (tertiary/aromatic N) is 3. The topological polar surface area (TPSA) is 252 Å². The molecule has 1 aliphatic rings. The number of nitrogens with two attached hydrogens (primary N) is 1. The number of carboxylic acid groups (broad SMARTS) is 1. The maximum atomic E-state index is 12.9. The zero-order valence-corrected chi connectivity index (χ0v) is 29.1. The number of urea groups is 1. The minimum atomic E-state index is -4.66. The molecule has 1 saturated carbocycles. The maximum absolute atomic E-state index is 12.9. The van der Waals surface area contributed by atoms with Crippen molar-refractivity contribution in [1.82, 2.24) is 30.9 Å². The number of ether oxygens (including phenoxy) is 1. The van der Waals surface area contributed by atoms with Gasteiger partial charge < -0.3 is 47.5 Å². The number of aliphatic carboxylic acids is 1. The van der Waals surface area contributed by atoms with Crippen LogP contribution in [0.4, 0.5) is 41.2 Å². The molecule has 0 saturated heterocycles. The van der Waals surface area contributed by atoms with E-state index >= 15 is 0 Å². The number of aromatic nitrogens is 3. The van der Waals surface area contributed by atoms with E-state index in [-0.39, 0.29) is 29.7 Å². The summed E-state index contributed by atoms with van der Waals surface area (Å²) in [7, 11) is 0. The average Bonchev–Trinajstić information content (AvgIpc) is 3.92. The van der Waals surface area contributed by atoms with E-state index in [1.807, 2.05) is 12.1 Å². The van der Waals surface area contributed by atoms with Crippen LogP contribution in [0.15, 0.2) is 72.8 Å². The fourth-order valence-corrected chi connectivity index (χ4v) is 5.03. The van der Waals surface area contributed by atoms with Gasteiger partial charge in [-0.15, -0.1) is 0 Å².